The maximum absolute atomic E-state index is 11.1. The van der Waals surface area contributed by atoms with Crippen molar-refractivity contribution in [2.45, 2.75) is 19.9 Å². The second-order valence-electron chi connectivity index (χ2n) is 5.97. The predicted octanol–water partition coefficient (Wildman–Crippen LogP) is 0.171. The number of rotatable bonds is 7. The average Bonchev–Trinajstić information content (AvgIpc) is 2.45. The van der Waals surface area contributed by atoms with Gasteiger partial charge >= 0.3 is 0 Å². The van der Waals surface area contributed by atoms with Gasteiger partial charge in [0.25, 0.3) is 0 Å². The molecule has 2 N–H and O–H groups in total. The summed E-state index contributed by atoms with van der Waals surface area (Å²) in [5.74, 6) is 1.26. The quantitative estimate of drug-likeness (QED) is 0.319. The lowest BCUT2D eigenvalue weighted by atomic mass is 10.0. The summed E-state index contributed by atoms with van der Waals surface area (Å²) in [5, 5.41) is 6.34. The van der Waals surface area contributed by atoms with E-state index in [1.165, 1.54) is 6.26 Å². The number of halogens is 1. The van der Waals surface area contributed by atoms with Crippen LogP contribution in [0.25, 0.3) is 0 Å². The van der Waals surface area contributed by atoms with Crippen LogP contribution in [0.3, 0.4) is 0 Å². The number of nitrogens with zero attached hydrogens (tertiary/aromatic N) is 2. The lowest BCUT2D eigenvalue weighted by Crippen LogP contribution is -2.52. The molecule has 0 saturated carbocycles. The lowest BCUT2D eigenvalue weighted by Gasteiger charge is -2.37. The molecule has 0 aliphatic carbocycles. The van der Waals surface area contributed by atoms with Gasteiger partial charge in [0.15, 0.2) is 5.96 Å². The van der Waals surface area contributed by atoms with Crippen LogP contribution in [-0.4, -0.2) is 83.8 Å². The van der Waals surface area contributed by atoms with Crippen LogP contribution in [0.1, 0.15) is 13.8 Å². The highest BCUT2D eigenvalue weighted by Crippen LogP contribution is 2.12. The fourth-order valence-corrected chi connectivity index (χ4v) is 2.95. The number of aliphatic imine (C=N–C) groups is 1. The number of morpholine rings is 1. The van der Waals surface area contributed by atoms with Gasteiger partial charge in [0.1, 0.15) is 9.84 Å². The van der Waals surface area contributed by atoms with Gasteiger partial charge in [-0.25, -0.2) is 8.42 Å². The smallest absolute Gasteiger partial charge is 0.191 e. The highest BCUT2D eigenvalue weighted by Gasteiger charge is 2.23. The highest BCUT2D eigenvalue weighted by atomic mass is 127. The zero-order valence-corrected chi connectivity index (χ0v) is 17.7. The Hall–Kier alpha value is -0.130. The molecule has 1 aliphatic heterocycles. The first-order chi connectivity index (χ1) is 10.3. The van der Waals surface area contributed by atoms with Gasteiger partial charge in [0.2, 0.25) is 0 Å². The maximum atomic E-state index is 11.1. The Morgan fingerprint density at radius 1 is 1.26 bits per heavy atom. The maximum Gasteiger partial charge on any atom is 0.191 e. The molecule has 1 aliphatic rings. The van der Waals surface area contributed by atoms with Gasteiger partial charge in [-0.1, -0.05) is 13.8 Å². The van der Waals surface area contributed by atoms with Crippen molar-refractivity contribution in [1.29, 1.82) is 0 Å². The van der Waals surface area contributed by atoms with E-state index in [9.17, 15) is 8.42 Å². The Morgan fingerprint density at radius 3 is 2.35 bits per heavy atom. The van der Waals surface area contributed by atoms with Crippen LogP contribution in [0, 0.1) is 5.92 Å². The Labute approximate surface area is 157 Å². The largest absolute Gasteiger partial charge is 0.379 e. The summed E-state index contributed by atoms with van der Waals surface area (Å²) in [6, 6.07) is 0.400. The first-order valence-corrected chi connectivity index (χ1v) is 9.83. The minimum absolute atomic E-state index is 0. The predicted molar refractivity (Wildman–Crippen MR) is 106 cm³/mol. The van der Waals surface area contributed by atoms with Gasteiger partial charge in [-0.3, -0.25) is 9.89 Å². The van der Waals surface area contributed by atoms with Gasteiger partial charge in [0, 0.05) is 45.5 Å². The zero-order valence-electron chi connectivity index (χ0n) is 14.5. The molecule has 0 aromatic carbocycles. The van der Waals surface area contributed by atoms with Crippen LogP contribution in [0.2, 0.25) is 0 Å². The van der Waals surface area contributed by atoms with Gasteiger partial charge in [0.05, 0.1) is 19.0 Å². The number of guanidine groups is 1. The van der Waals surface area contributed by atoms with E-state index >= 15 is 0 Å². The molecule has 1 unspecified atom stereocenters. The van der Waals surface area contributed by atoms with Crippen molar-refractivity contribution in [1.82, 2.24) is 15.5 Å². The summed E-state index contributed by atoms with van der Waals surface area (Å²) < 4.78 is 27.7. The van der Waals surface area contributed by atoms with Gasteiger partial charge in [-0.15, -0.1) is 24.0 Å². The molecule has 7 nitrogen and oxygen atoms in total. The molecule has 23 heavy (non-hydrogen) atoms. The fraction of sp³-hybridized carbons (Fsp3) is 0.929. The van der Waals surface area contributed by atoms with Crippen LogP contribution in [0.5, 0.6) is 0 Å². The van der Waals surface area contributed by atoms with Crippen LogP contribution in [0.15, 0.2) is 4.99 Å². The lowest BCUT2D eigenvalue weighted by molar-refractivity contribution is 0.00752. The average molecular weight is 462 g/mol. The van der Waals surface area contributed by atoms with Crippen LogP contribution >= 0.6 is 24.0 Å². The van der Waals surface area contributed by atoms with E-state index in [0.717, 1.165) is 32.8 Å². The van der Waals surface area contributed by atoms with Crippen molar-refractivity contribution < 1.29 is 13.2 Å². The minimum atomic E-state index is -2.96. The first-order valence-electron chi connectivity index (χ1n) is 7.77. The SMILES string of the molecule is CN=C(NCCS(C)(=O)=O)NCC(C(C)C)N1CCOCC1.I. The number of hydrogen-bond donors (Lipinski definition) is 2. The van der Waals surface area contributed by atoms with Gasteiger partial charge in [-0.2, -0.15) is 0 Å². The van der Waals surface area contributed by atoms with Crippen molar-refractivity contribution in [3.63, 3.8) is 0 Å². The number of ether oxygens (including phenoxy) is 1. The molecular formula is C14H31IN4O3S. The van der Waals surface area contributed by atoms with Crippen molar-refractivity contribution in [2.75, 3.05) is 58.4 Å². The Balaban J connectivity index is 0.00000484. The van der Waals surface area contributed by atoms with E-state index in [1.807, 2.05) is 0 Å². The second kappa shape index (κ2) is 11.4. The third-order valence-electron chi connectivity index (χ3n) is 3.75. The highest BCUT2D eigenvalue weighted by molar-refractivity contribution is 14.0. The summed E-state index contributed by atoms with van der Waals surface area (Å²) in [7, 11) is -1.27. The van der Waals surface area contributed by atoms with E-state index in [2.05, 4.69) is 34.4 Å². The number of hydrogen-bond acceptors (Lipinski definition) is 5. The molecule has 0 bridgehead atoms. The molecule has 1 atom stereocenters. The molecule has 0 spiro atoms. The van der Waals surface area contributed by atoms with Crippen molar-refractivity contribution in [3.8, 4) is 0 Å². The second-order valence-corrected chi connectivity index (χ2v) is 8.23. The standard InChI is InChI=1S/C14H30N4O3S.HI/c1-12(2)13(18-6-8-21-9-7-18)11-17-14(15-3)16-5-10-22(4,19)20;/h12-13H,5-11H2,1-4H3,(H2,15,16,17);1H. The summed E-state index contributed by atoms with van der Waals surface area (Å²) in [6.45, 7) is 9.02. The molecule has 1 rings (SSSR count). The van der Waals surface area contributed by atoms with E-state index in [-0.39, 0.29) is 29.7 Å². The topological polar surface area (TPSA) is 83.0 Å². The Kier molecular flexibility index (Phi) is 11.4. The summed E-state index contributed by atoms with van der Waals surface area (Å²) in [6.07, 6.45) is 1.23. The molecule has 9 heteroatoms. The van der Waals surface area contributed by atoms with Crippen LogP contribution < -0.4 is 10.6 Å². The van der Waals surface area contributed by atoms with Gasteiger partial charge < -0.3 is 15.4 Å². The normalized spacial score (nSPS) is 18.4. The first kappa shape index (κ1) is 22.9. The summed E-state index contributed by atoms with van der Waals surface area (Å²) in [5.41, 5.74) is 0. The summed E-state index contributed by atoms with van der Waals surface area (Å²) >= 11 is 0. The van der Waals surface area contributed by atoms with E-state index in [4.69, 9.17) is 4.74 Å². The molecule has 0 radical (unpaired) electrons. The molecule has 0 aromatic heterocycles. The summed E-state index contributed by atoms with van der Waals surface area (Å²) in [4.78, 5) is 6.58. The number of nitrogens with one attached hydrogen (secondary N) is 2. The van der Waals surface area contributed by atoms with Crippen molar-refractivity contribution in [3.05, 3.63) is 0 Å². The zero-order chi connectivity index (χ0) is 16.6. The van der Waals surface area contributed by atoms with Crippen LogP contribution in [-0.2, 0) is 14.6 Å². The van der Waals surface area contributed by atoms with Crippen molar-refractivity contribution in [2.24, 2.45) is 10.9 Å². The molecule has 1 fully saturated rings. The Morgan fingerprint density at radius 2 is 1.87 bits per heavy atom. The minimum Gasteiger partial charge on any atom is -0.379 e. The Bertz CT molecular complexity index is 451. The third kappa shape index (κ3) is 9.68. The van der Waals surface area contributed by atoms with Gasteiger partial charge in [-0.05, 0) is 5.92 Å². The molecular weight excluding hydrogens is 431 g/mol. The molecule has 1 heterocycles. The van der Waals surface area contributed by atoms with Crippen molar-refractivity contribution >= 4 is 39.8 Å². The monoisotopic (exact) mass is 462 g/mol. The van der Waals surface area contributed by atoms with E-state index in [0.29, 0.717) is 24.5 Å². The third-order valence-corrected chi connectivity index (χ3v) is 4.70. The van der Waals surface area contributed by atoms with E-state index in [1.54, 1.807) is 7.05 Å². The molecule has 138 valence electrons. The number of sulfone groups is 1. The van der Waals surface area contributed by atoms with Crippen LogP contribution in [0.4, 0.5) is 0 Å². The fourth-order valence-electron chi connectivity index (χ4n) is 2.47. The van der Waals surface area contributed by atoms with E-state index < -0.39 is 9.84 Å². The molecule has 1 saturated heterocycles. The molecule has 0 amide bonds. The molecule has 0 aromatic rings.